The topological polar surface area (TPSA) is 30.0 Å². The molecule has 0 saturated carbocycles. The number of ketones is 1. The average molecular weight is 237 g/mol. The van der Waals surface area contributed by atoms with Crippen molar-refractivity contribution < 1.29 is 4.79 Å². The Kier molecular flexibility index (Phi) is 2.93. The molecular formula is C16H15NO. The Morgan fingerprint density at radius 3 is 2.83 bits per heavy atom. The van der Waals surface area contributed by atoms with E-state index in [2.05, 4.69) is 17.1 Å². The predicted molar refractivity (Wildman–Crippen MR) is 70.5 cm³/mol. The second kappa shape index (κ2) is 4.73. The summed E-state index contributed by atoms with van der Waals surface area (Å²) in [5.74, 6) is 0.470. The monoisotopic (exact) mass is 237 g/mol. The van der Waals surface area contributed by atoms with Gasteiger partial charge in [0.05, 0.1) is 0 Å². The van der Waals surface area contributed by atoms with Crippen LogP contribution >= 0.6 is 0 Å². The van der Waals surface area contributed by atoms with Crippen LogP contribution in [0.3, 0.4) is 0 Å². The number of hydrogen-bond acceptors (Lipinski definition) is 2. The highest BCUT2D eigenvalue weighted by Crippen LogP contribution is 2.29. The van der Waals surface area contributed by atoms with Gasteiger partial charge >= 0.3 is 0 Å². The molecule has 1 aliphatic rings. The number of fused-ring (bicyclic) bond motifs is 1. The lowest BCUT2D eigenvalue weighted by Crippen LogP contribution is -2.10. The fourth-order valence-corrected chi connectivity index (χ4v) is 2.64. The van der Waals surface area contributed by atoms with Gasteiger partial charge in [-0.2, -0.15) is 0 Å². The SMILES string of the molecule is O=C1c2ccccc2CC1CCc1cccnc1. The van der Waals surface area contributed by atoms with Crippen LogP contribution < -0.4 is 0 Å². The molecule has 0 N–H and O–H groups in total. The molecule has 1 heterocycles. The van der Waals surface area contributed by atoms with Crippen LogP contribution in [0.25, 0.3) is 0 Å². The number of aromatic nitrogens is 1. The molecule has 0 saturated heterocycles. The van der Waals surface area contributed by atoms with Crippen LogP contribution in [0, 0.1) is 5.92 Å². The van der Waals surface area contributed by atoms with Gasteiger partial charge in [-0.05, 0) is 36.5 Å². The van der Waals surface area contributed by atoms with E-state index < -0.39 is 0 Å². The molecule has 2 heteroatoms. The summed E-state index contributed by atoms with van der Waals surface area (Å²) < 4.78 is 0. The number of carbonyl (C=O) groups excluding carboxylic acids is 1. The third-order valence-electron chi connectivity index (χ3n) is 3.62. The number of benzene rings is 1. The lowest BCUT2D eigenvalue weighted by molar-refractivity contribution is 0.0931. The molecule has 18 heavy (non-hydrogen) atoms. The van der Waals surface area contributed by atoms with E-state index in [4.69, 9.17) is 0 Å². The first-order valence-electron chi connectivity index (χ1n) is 6.35. The van der Waals surface area contributed by atoms with Crippen LogP contribution in [0.4, 0.5) is 0 Å². The third-order valence-corrected chi connectivity index (χ3v) is 3.62. The van der Waals surface area contributed by atoms with Gasteiger partial charge in [-0.3, -0.25) is 9.78 Å². The number of carbonyl (C=O) groups is 1. The fraction of sp³-hybridized carbons (Fsp3) is 0.250. The number of aryl methyl sites for hydroxylation is 1. The van der Waals surface area contributed by atoms with Crippen LogP contribution in [0.2, 0.25) is 0 Å². The van der Waals surface area contributed by atoms with E-state index in [0.29, 0.717) is 5.78 Å². The van der Waals surface area contributed by atoms with E-state index in [1.807, 2.05) is 30.5 Å². The average Bonchev–Trinajstić information content (AvgIpc) is 2.75. The van der Waals surface area contributed by atoms with Crippen LogP contribution in [0.5, 0.6) is 0 Å². The number of pyridine rings is 1. The summed E-state index contributed by atoms with van der Waals surface area (Å²) in [4.78, 5) is 16.3. The third kappa shape index (κ3) is 2.06. The van der Waals surface area contributed by atoms with Crippen LogP contribution in [0.1, 0.15) is 27.9 Å². The molecule has 2 aromatic rings. The van der Waals surface area contributed by atoms with Crippen LogP contribution in [-0.4, -0.2) is 10.8 Å². The van der Waals surface area contributed by atoms with Gasteiger partial charge < -0.3 is 0 Å². The summed E-state index contributed by atoms with van der Waals surface area (Å²) in [6.07, 6.45) is 6.40. The van der Waals surface area contributed by atoms with Crippen molar-refractivity contribution in [2.75, 3.05) is 0 Å². The van der Waals surface area contributed by atoms with Gasteiger partial charge in [-0.1, -0.05) is 30.3 Å². The summed E-state index contributed by atoms with van der Waals surface area (Å²) >= 11 is 0. The van der Waals surface area contributed by atoms with Crippen molar-refractivity contribution in [1.29, 1.82) is 0 Å². The molecule has 1 atom stereocenters. The highest BCUT2D eigenvalue weighted by Gasteiger charge is 2.29. The standard InChI is InChI=1S/C16H15NO/c18-16-14(8-7-12-4-3-9-17-11-12)10-13-5-1-2-6-15(13)16/h1-6,9,11,14H,7-8,10H2. The number of hydrogen-bond donors (Lipinski definition) is 0. The number of nitrogens with zero attached hydrogens (tertiary/aromatic N) is 1. The maximum absolute atomic E-state index is 12.2. The fourth-order valence-electron chi connectivity index (χ4n) is 2.64. The maximum Gasteiger partial charge on any atom is 0.166 e. The summed E-state index contributed by atoms with van der Waals surface area (Å²) in [6.45, 7) is 0. The van der Waals surface area contributed by atoms with Gasteiger partial charge in [0.25, 0.3) is 0 Å². The first-order chi connectivity index (χ1) is 8.84. The zero-order valence-corrected chi connectivity index (χ0v) is 10.2. The van der Waals surface area contributed by atoms with Gasteiger partial charge in [0, 0.05) is 23.9 Å². The molecule has 1 aromatic heterocycles. The highest BCUT2D eigenvalue weighted by molar-refractivity contribution is 6.02. The first kappa shape index (κ1) is 11.1. The van der Waals surface area contributed by atoms with E-state index in [0.717, 1.165) is 24.8 Å². The quantitative estimate of drug-likeness (QED) is 0.821. The van der Waals surface area contributed by atoms with Crippen molar-refractivity contribution in [2.24, 2.45) is 5.92 Å². The zero-order chi connectivity index (χ0) is 12.4. The summed E-state index contributed by atoms with van der Waals surface area (Å²) in [6, 6.07) is 12.0. The summed E-state index contributed by atoms with van der Waals surface area (Å²) in [5, 5.41) is 0. The molecule has 0 radical (unpaired) electrons. The Hall–Kier alpha value is -1.96. The lowest BCUT2D eigenvalue weighted by atomic mass is 9.97. The lowest BCUT2D eigenvalue weighted by Gasteiger charge is -2.07. The maximum atomic E-state index is 12.2. The molecule has 90 valence electrons. The van der Waals surface area contributed by atoms with Gasteiger partial charge in [-0.15, -0.1) is 0 Å². The molecule has 1 aromatic carbocycles. The normalized spacial score (nSPS) is 17.8. The van der Waals surface area contributed by atoms with Crippen molar-refractivity contribution in [2.45, 2.75) is 19.3 Å². The van der Waals surface area contributed by atoms with E-state index in [1.165, 1.54) is 11.1 Å². The molecule has 0 aliphatic heterocycles. The Morgan fingerprint density at radius 2 is 2.06 bits per heavy atom. The van der Waals surface area contributed by atoms with Crippen LogP contribution in [-0.2, 0) is 12.8 Å². The van der Waals surface area contributed by atoms with Crippen molar-refractivity contribution in [3.05, 3.63) is 65.5 Å². The van der Waals surface area contributed by atoms with Crippen molar-refractivity contribution in [3.63, 3.8) is 0 Å². The van der Waals surface area contributed by atoms with Crippen LogP contribution in [0.15, 0.2) is 48.8 Å². The number of Topliss-reactive ketones (excluding diaryl/α,β-unsaturated/α-hetero) is 1. The van der Waals surface area contributed by atoms with Crippen molar-refractivity contribution in [3.8, 4) is 0 Å². The number of rotatable bonds is 3. The van der Waals surface area contributed by atoms with Gasteiger partial charge in [-0.25, -0.2) is 0 Å². The van der Waals surface area contributed by atoms with E-state index >= 15 is 0 Å². The van der Waals surface area contributed by atoms with Crippen molar-refractivity contribution in [1.82, 2.24) is 4.98 Å². The Morgan fingerprint density at radius 1 is 1.17 bits per heavy atom. The first-order valence-corrected chi connectivity index (χ1v) is 6.35. The largest absolute Gasteiger partial charge is 0.294 e. The Bertz CT molecular complexity index is 562. The van der Waals surface area contributed by atoms with E-state index in [1.54, 1.807) is 6.20 Å². The second-order valence-electron chi connectivity index (χ2n) is 4.82. The minimum absolute atomic E-state index is 0.155. The minimum Gasteiger partial charge on any atom is -0.294 e. The second-order valence-corrected chi connectivity index (χ2v) is 4.82. The molecule has 0 bridgehead atoms. The Labute approximate surface area is 107 Å². The summed E-state index contributed by atoms with van der Waals surface area (Å²) in [7, 11) is 0. The molecule has 3 rings (SSSR count). The van der Waals surface area contributed by atoms with E-state index in [-0.39, 0.29) is 5.92 Å². The zero-order valence-electron chi connectivity index (χ0n) is 10.2. The minimum atomic E-state index is 0.155. The Balaban J connectivity index is 1.68. The smallest absolute Gasteiger partial charge is 0.166 e. The molecule has 0 fully saturated rings. The van der Waals surface area contributed by atoms with Crippen molar-refractivity contribution >= 4 is 5.78 Å². The molecule has 1 aliphatic carbocycles. The molecule has 0 spiro atoms. The predicted octanol–water partition coefficient (Wildman–Crippen LogP) is 3.07. The molecule has 0 amide bonds. The molecular weight excluding hydrogens is 222 g/mol. The van der Waals surface area contributed by atoms with Gasteiger partial charge in [0.15, 0.2) is 5.78 Å². The summed E-state index contributed by atoms with van der Waals surface area (Å²) in [5.41, 5.74) is 3.34. The molecule has 2 nitrogen and oxygen atoms in total. The van der Waals surface area contributed by atoms with Gasteiger partial charge in [0.1, 0.15) is 0 Å². The highest BCUT2D eigenvalue weighted by atomic mass is 16.1. The molecule has 1 unspecified atom stereocenters. The van der Waals surface area contributed by atoms with Gasteiger partial charge in [0.2, 0.25) is 0 Å². The van der Waals surface area contributed by atoms with E-state index in [9.17, 15) is 4.79 Å².